The summed E-state index contributed by atoms with van der Waals surface area (Å²) in [6, 6.07) is 21.1. The fourth-order valence-corrected chi connectivity index (χ4v) is 3.22. The van der Waals surface area contributed by atoms with E-state index >= 15 is 0 Å². The van der Waals surface area contributed by atoms with Crippen LogP contribution in [0, 0.1) is 0 Å². The summed E-state index contributed by atoms with van der Waals surface area (Å²) >= 11 is 0. The molecule has 6 heteroatoms. The second kappa shape index (κ2) is 7.61. The second-order valence-electron chi connectivity index (χ2n) is 6.59. The van der Waals surface area contributed by atoms with Crippen LogP contribution in [0.2, 0.25) is 0 Å². The number of phenolic OH excluding ortho intramolecular Hbond substituents is 2. The Balaban J connectivity index is 1.84. The predicted molar refractivity (Wildman–Crippen MR) is 112 cm³/mol. The number of nitrogen functional groups attached to an aromatic ring is 1. The molecular weight excluding hydrogens is 366 g/mol. The average Bonchev–Trinajstić information content (AvgIpc) is 2.74. The molecule has 0 fully saturated rings. The van der Waals surface area contributed by atoms with Gasteiger partial charge in [-0.15, -0.1) is 0 Å². The van der Waals surface area contributed by atoms with E-state index < -0.39 is 0 Å². The maximum Gasteiger partial charge on any atom is 0.221 e. The topological polar surface area (TPSA) is 112 Å². The maximum absolute atomic E-state index is 10.5. The number of rotatable bonds is 4. The number of aliphatic hydroxyl groups excluding tert-OH is 1. The normalized spacial score (nSPS) is 10.8. The third-order valence-electron chi connectivity index (χ3n) is 4.68. The van der Waals surface area contributed by atoms with Crippen molar-refractivity contribution < 1.29 is 15.3 Å². The standard InChI is InChI=1S/C23H19N3O3/c24-23-25-20(18-4-2-1-3-16(18)13-27)12-21(26-23)19-11-15(7-10-22(19)29)14-5-8-17(28)9-6-14/h1-12,27-29H,13H2,(H2,24,25,26). The largest absolute Gasteiger partial charge is 0.508 e. The monoisotopic (exact) mass is 385 g/mol. The number of aliphatic hydroxyl groups is 1. The van der Waals surface area contributed by atoms with Gasteiger partial charge in [0.15, 0.2) is 0 Å². The lowest BCUT2D eigenvalue weighted by molar-refractivity contribution is 0.282. The Labute approximate surface area is 167 Å². The van der Waals surface area contributed by atoms with Crippen molar-refractivity contribution in [3.63, 3.8) is 0 Å². The van der Waals surface area contributed by atoms with Gasteiger partial charge in [0.05, 0.1) is 18.0 Å². The fourth-order valence-electron chi connectivity index (χ4n) is 3.22. The van der Waals surface area contributed by atoms with Crippen LogP contribution < -0.4 is 5.73 Å². The maximum atomic E-state index is 10.5. The molecule has 0 radical (unpaired) electrons. The smallest absolute Gasteiger partial charge is 0.221 e. The molecule has 1 heterocycles. The SMILES string of the molecule is Nc1nc(-c2cc(-c3ccc(O)cc3)ccc2O)cc(-c2ccccc2CO)n1. The number of anilines is 1. The zero-order valence-electron chi connectivity index (χ0n) is 15.4. The zero-order chi connectivity index (χ0) is 20.4. The summed E-state index contributed by atoms with van der Waals surface area (Å²) in [5, 5.41) is 29.6. The molecule has 0 unspecified atom stereocenters. The molecular formula is C23H19N3O3. The lowest BCUT2D eigenvalue weighted by atomic mass is 9.99. The minimum atomic E-state index is -0.128. The van der Waals surface area contributed by atoms with Gasteiger partial charge in [0.1, 0.15) is 11.5 Å². The summed E-state index contributed by atoms with van der Waals surface area (Å²) in [5.41, 5.74) is 10.7. The highest BCUT2D eigenvalue weighted by Crippen LogP contribution is 2.35. The molecule has 1 aromatic heterocycles. The van der Waals surface area contributed by atoms with Gasteiger partial charge in [-0.25, -0.2) is 9.97 Å². The van der Waals surface area contributed by atoms with E-state index in [1.165, 1.54) is 0 Å². The Kier molecular flexibility index (Phi) is 4.85. The molecule has 0 aliphatic heterocycles. The molecule has 29 heavy (non-hydrogen) atoms. The molecule has 5 N–H and O–H groups in total. The van der Waals surface area contributed by atoms with Crippen LogP contribution >= 0.6 is 0 Å². The van der Waals surface area contributed by atoms with Gasteiger partial charge in [-0.2, -0.15) is 0 Å². The molecule has 0 saturated carbocycles. The molecule has 0 aliphatic carbocycles. The number of benzene rings is 3. The molecule has 3 aromatic carbocycles. The highest BCUT2D eigenvalue weighted by atomic mass is 16.3. The highest BCUT2D eigenvalue weighted by molar-refractivity contribution is 5.78. The second-order valence-corrected chi connectivity index (χ2v) is 6.59. The van der Waals surface area contributed by atoms with Crippen molar-refractivity contribution in [1.82, 2.24) is 9.97 Å². The van der Waals surface area contributed by atoms with Gasteiger partial charge >= 0.3 is 0 Å². The minimum Gasteiger partial charge on any atom is -0.508 e. The third-order valence-corrected chi connectivity index (χ3v) is 4.68. The number of nitrogens with zero attached hydrogens (tertiary/aromatic N) is 2. The number of nitrogens with two attached hydrogens (primary N) is 1. The number of aromatic nitrogens is 2. The van der Waals surface area contributed by atoms with Crippen LogP contribution in [0.25, 0.3) is 33.6 Å². The lowest BCUT2D eigenvalue weighted by Gasteiger charge is -2.11. The molecule has 4 aromatic rings. The lowest BCUT2D eigenvalue weighted by Crippen LogP contribution is -2.00. The first-order valence-electron chi connectivity index (χ1n) is 9.01. The van der Waals surface area contributed by atoms with Gasteiger partial charge in [-0.05, 0) is 47.0 Å². The number of aromatic hydroxyl groups is 2. The van der Waals surface area contributed by atoms with Crippen molar-refractivity contribution in [3.05, 3.63) is 78.4 Å². The molecule has 0 spiro atoms. The highest BCUT2D eigenvalue weighted by Gasteiger charge is 2.13. The molecule has 144 valence electrons. The predicted octanol–water partition coefficient (Wildman–Crippen LogP) is 3.96. The van der Waals surface area contributed by atoms with E-state index in [4.69, 9.17) is 5.73 Å². The first-order valence-corrected chi connectivity index (χ1v) is 9.01. The Morgan fingerprint density at radius 3 is 2.10 bits per heavy atom. The van der Waals surface area contributed by atoms with Gasteiger partial charge < -0.3 is 21.1 Å². The first-order chi connectivity index (χ1) is 14.0. The van der Waals surface area contributed by atoms with E-state index in [2.05, 4.69) is 9.97 Å². The Bertz CT molecular complexity index is 1170. The van der Waals surface area contributed by atoms with E-state index in [1.54, 1.807) is 42.5 Å². The molecule has 0 bridgehead atoms. The molecule has 0 saturated heterocycles. The fraction of sp³-hybridized carbons (Fsp3) is 0.0435. The summed E-state index contributed by atoms with van der Waals surface area (Å²) in [7, 11) is 0. The zero-order valence-corrected chi connectivity index (χ0v) is 15.4. The van der Waals surface area contributed by atoms with E-state index in [-0.39, 0.29) is 24.1 Å². The Morgan fingerprint density at radius 2 is 1.38 bits per heavy atom. The van der Waals surface area contributed by atoms with Crippen LogP contribution in [-0.2, 0) is 6.61 Å². The first kappa shape index (κ1) is 18.5. The van der Waals surface area contributed by atoms with Gasteiger partial charge in [0.25, 0.3) is 0 Å². The van der Waals surface area contributed by atoms with Crippen molar-refractivity contribution in [2.24, 2.45) is 0 Å². The minimum absolute atomic E-state index is 0.0621. The van der Waals surface area contributed by atoms with Crippen LogP contribution in [0.5, 0.6) is 11.5 Å². The van der Waals surface area contributed by atoms with Crippen molar-refractivity contribution in [1.29, 1.82) is 0 Å². The van der Waals surface area contributed by atoms with E-state index in [0.717, 1.165) is 22.3 Å². The van der Waals surface area contributed by atoms with Gasteiger partial charge in [-0.1, -0.05) is 42.5 Å². The van der Waals surface area contributed by atoms with Crippen LogP contribution in [-0.4, -0.2) is 25.3 Å². The third kappa shape index (κ3) is 3.74. The van der Waals surface area contributed by atoms with E-state index in [1.807, 2.05) is 30.3 Å². The summed E-state index contributed by atoms with van der Waals surface area (Å²) in [6.45, 7) is -0.128. The van der Waals surface area contributed by atoms with Gasteiger partial charge in [-0.3, -0.25) is 0 Å². The molecule has 6 nitrogen and oxygen atoms in total. The van der Waals surface area contributed by atoms with Gasteiger partial charge in [0.2, 0.25) is 5.95 Å². The van der Waals surface area contributed by atoms with Crippen LogP contribution in [0.15, 0.2) is 72.8 Å². The molecule has 0 atom stereocenters. The van der Waals surface area contributed by atoms with Crippen molar-refractivity contribution in [2.45, 2.75) is 6.61 Å². The van der Waals surface area contributed by atoms with Crippen molar-refractivity contribution in [3.8, 4) is 45.1 Å². The van der Waals surface area contributed by atoms with Gasteiger partial charge in [0, 0.05) is 11.1 Å². The average molecular weight is 385 g/mol. The van der Waals surface area contributed by atoms with Crippen LogP contribution in [0.4, 0.5) is 5.95 Å². The quantitative estimate of drug-likeness (QED) is 0.423. The summed E-state index contributed by atoms with van der Waals surface area (Å²) in [5.74, 6) is 0.315. The summed E-state index contributed by atoms with van der Waals surface area (Å²) in [6.07, 6.45) is 0. The molecule has 0 amide bonds. The number of phenols is 2. The summed E-state index contributed by atoms with van der Waals surface area (Å²) in [4.78, 5) is 8.60. The molecule has 0 aliphatic rings. The van der Waals surface area contributed by atoms with E-state index in [0.29, 0.717) is 17.0 Å². The van der Waals surface area contributed by atoms with Crippen molar-refractivity contribution in [2.75, 3.05) is 5.73 Å². The van der Waals surface area contributed by atoms with Crippen molar-refractivity contribution >= 4 is 5.95 Å². The molecule has 4 rings (SSSR count). The van der Waals surface area contributed by atoms with Crippen LogP contribution in [0.1, 0.15) is 5.56 Å². The van der Waals surface area contributed by atoms with Crippen LogP contribution in [0.3, 0.4) is 0 Å². The Hall–Kier alpha value is -3.90. The van der Waals surface area contributed by atoms with E-state index in [9.17, 15) is 15.3 Å². The summed E-state index contributed by atoms with van der Waals surface area (Å²) < 4.78 is 0. The number of hydrogen-bond acceptors (Lipinski definition) is 6. The Morgan fingerprint density at radius 1 is 0.724 bits per heavy atom. The number of hydrogen-bond donors (Lipinski definition) is 4.